The third-order valence-corrected chi connectivity index (χ3v) is 4.44. The molecule has 0 saturated heterocycles. The van der Waals surface area contributed by atoms with E-state index in [0.717, 1.165) is 16.9 Å². The summed E-state index contributed by atoms with van der Waals surface area (Å²) in [5.41, 5.74) is 4.32. The van der Waals surface area contributed by atoms with Gasteiger partial charge in [0, 0.05) is 30.2 Å². The Kier molecular flexibility index (Phi) is 2.52. The van der Waals surface area contributed by atoms with Crippen molar-refractivity contribution in [3.8, 4) is 0 Å². The zero-order valence-corrected chi connectivity index (χ0v) is 12.5. The van der Waals surface area contributed by atoms with Crippen molar-refractivity contribution in [2.45, 2.75) is 20.0 Å². The van der Waals surface area contributed by atoms with Gasteiger partial charge in [0.05, 0.1) is 5.69 Å². The average Bonchev–Trinajstić information content (AvgIpc) is 3.01. The van der Waals surface area contributed by atoms with Crippen molar-refractivity contribution >= 4 is 27.6 Å². The van der Waals surface area contributed by atoms with Gasteiger partial charge in [-0.2, -0.15) is 0 Å². The van der Waals surface area contributed by atoms with Gasteiger partial charge in [-0.3, -0.25) is 0 Å². The second kappa shape index (κ2) is 4.29. The Bertz CT molecular complexity index is 862. The molecule has 0 bridgehead atoms. The van der Waals surface area contributed by atoms with Crippen LogP contribution in [0.15, 0.2) is 53.2 Å². The van der Waals surface area contributed by atoms with Gasteiger partial charge in [0.15, 0.2) is 5.58 Å². The normalized spacial score (nSPS) is 18.3. The summed E-state index contributed by atoms with van der Waals surface area (Å²) in [6.07, 6.45) is 4.52. The van der Waals surface area contributed by atoms with Gasteiger partial charge in [0.2, 0.25) is 0 Å². The van der Waals surface area contributed by atoms with Gasteiger partial charge >= 0.3 is 0 Å². The van der Waals surface area contributed by atoms with E-state index in [4.69, 9.17) is 4.42 Å². The first-order valence-corrected chi connectivity index (χ1v) is 7.26. The van der Waals surface area contributed by atoms with E-state index in [0.29, 0.717) is 6.17 Å². The highest BCUT2D eigenvalue weighted by atomic mass is 16.3. The molecule has 1 unspecified atom stereocenters. The van der Waals surface area contributed by atoms with Crippen LogP contribution in [0, 0.1) is 6.92 Å². The lowest BCUT2D eigenvalue weighted by atomic mass is 10.1. The van der Waals surface area contributed by atoms with Crippen LogP contribution in [0.2, 0.25) is 0 Å². The van der Waals surface area contributed by atoms with E-state index in [1.54, 1.807) is 0 Å². The predicted molar refractivity (Wildman–Crippen MR) is 87.3 cm³/mol. The van der Waals surface area contributed by atoms with Crippen molar-refractivity contribution in [2.75, 3.05) is 11.9 Å². The molecule has 3 aromatic rings. The Hall–Kier alpha value is -2.42. The molecule has 0 spiro atoms. The first-order valence-electron chi connectivity index (χ1n) is 7.26. The fraction of sp³-hybridized carbons (Fsp3) is 0.222. The van der Waals surface area contributed by atoms with Gasteiger partial charge in [-0.25, -0.2) is 0 Å². The van der Waals surface area contributed by atoms with Crippen LogP contribution < -0.4 is 4.90 Å². The van der Waals surface area contributed by atoms with Crippen LogP contribution in [0.25, 0.3) is 21.9 Å². The molecule has 3 heteroatoms. The van der Waals surface area contributed by atoms with Crippen molar-refractivity contribution in [1.29, 1.82) is 0 Å². The lowest BCUT2D eigenvalue weighted by Crippen LogP contribution is -2.33. The highest BCUT2D eigenvalue weighted by Gasteiger charge is 2.25. The van der Waals surface area contributed by atoms with Crippen LogP contribution in [0.5, 0.6) is 0 Å². The predicted octanol–water partition coefficient (Wildman–Crippen LogP) is 4.46. The molecule has 106 valence electrons. The average molecular weight is 278 g/mol. The summed E-state index contributed by atoms with van der Waals surface area (Å²) in [4.78, 5) is 4.47. The van der Waals surface area contributed by atoms with Gasteiger partial charge < -0.3 is 14.2 Å². The van der Waals surface area contributed by atoms with Gasteiger partial charge in [-0.05, 0) is 25.5 Å². The van der Waals surface area contributed by atoms with E-state index in [-0.39, 0.29) is 0 Å². The summed E-state index contributed by atoms with van der Waals surface area (Å²) < 4.78 is 6.17. The van der Waals surface area contributed by atoms with Crippen LogP contribution in [-0.2, 0) is 0 Å². The molecule has 0 saturated carbocycles. The number of nitrogens with zero attached hydrogens (tertiary/aromatic N) is 2. The first-order chi connectivity index (χ1) is 10.2. The van der Waals surface area contributed by atoms with E-state index in [2.05, 4.69) is 67.4 Å². The molecular formula is C18H18N2O. The Morgan fingerprint density at radius 2 is 1.81 bits per heavy atom. The standard InChI is InChI=1S/C18H18N2O/c1-12-8-9-15-14-6-4-5-7-16(14)21-18(15)17(12)20-11-10-19(3)13(20)2/h4-11,13H,1-3H3. The number of benzene rings is 2. The number of hydrogen-bond acceptors (Lipinski definition) is 3. The molecule has 21 heavy (non-hydrogen) atoms. The topological polar surface area (TPSA) is 19.6 Å². The summed E-state index contributed by atoms with van der Waals surface area (Å²) in [5, 5.41) is 2.36. The lowest BCUT2D eigenvalue weighted by Gasteiger charge is -2.28. The number of furan rings is 1. The quantitative estimate of drug-likeness (QED) is 0.655. The minimum atomic E-state index is 0.294. The molecule has 2 aromatic carbocycles. The van der Waals surface area contributed by atoms with Gasteiger partial charge in [-0.15, -0.1) is 0 Å². The van der Waals surface area contributed by atoms with Crippen LogP contribution in [-0.4, -0.2) is 18.1 Å². The minimum Gasteiger partial charge on any atom is -0.454 e. The monoisotopic (exact) mass is 278 g/mol. The largest absolute Gasteiger partial charge is 0.454 e. The van der Waals surface area contributed by atoms with Crippen molar-refractivity contribution in [3.05, 3.63) is 54.4 Å². The Labute approximate surface area is 124 Å². The SMILES string of the molecule is Cc1ccc2c(oc3ccccc32)c1N1C=CN(C)C1C. The van der Waals surface area contributed by atoms with Crippen LogP contribution in [0.3, 0.4) is 0 Å². The maximum Gasteiger partial charge on any atom is 0.159 e. The molecule has 0 N–H and O–H groups in total. The Morgan fingerprint density at radius 3 is 2.57 bits per heavy atom. The third kappa shape index (κ3) is 1.67. The summed E-state index contributed by atoms with van der Waals surface area (Å²) >= 11 is 0. The second-order valence-electron chi connectivity index (χ2n) is 5.71. The second-order valence-corrected chi connectivity index (χ2v) is 5.71. The molecular weight excluding hydrogens is 260 g/mol. The fourth-order valence-corrected chi connectivity index (χ4v) is 3.08. The lowest BCUT2D eigenvalue weighted by molar-refractivity contribution is 0.383. The molecule has 0 radical (unpaired) electrons. The summed E-state index contributed by atoms with van der Waals surface area (Å²) in [7, 11) is 2.09. The number of rotatable bonds is 1. The Balaban J connectivity index is 2.04. The summed E-state index contributed by atoms with van der Waals surface area (Å²) in [5.74, 6) is 0. The smallest absolute Gasteiger partial charge is 0.159 e. The zero-order valence-electron chi connectivity index (χ0n) is 12.5. The molecule has 3 nitrogen and oxygen atoms in total. The van der Waals surface area contributed by atoms with E-state index < -0.39 is 0 Å². The van der Waals surface area contributed by atoms with Gasteiger partial charge in [-0.1, -0.05) is 30.3 Å². The molecule has 1 aromatic heterocycles. The van der Waals surface area contributed by atoms with E-state index in [1.807, 2.05) is 12.1 Å². The van der Waals surface area contributed by atoms with E-state index in [1.165, 1.54) is 16.3 Å². The zero-order chi connectivity index (χ0) is 14.6. The van der Waals surface area contributed by atoms with Crippen LogP contribution in [0.4, 0.5) is 5.69 Å². The van der Waals surface area contributed by atoms with Crippen molar-refractivity contribution in [1.82, 2.24) is 4.90 Å². The highest BCUT2D eigenvalue weighted by molar-refractivity contribution is 6.09. The van der Waals surface area contributed by atoms with Crippen molar-refractivity contribution in [3.63, 3.8) is 0 Å². The molecule has 0 amide bonds. The summed E-state index contributed by atoms with van der Waals surface area (Å²) in [6, 6.07) is 12.6. The molecule has 2 heterocycles. The van der Waals surface area contributed by atoms with Gasteiger partial charge in [0.1, 0.15) is 11.7 Å². The Morgan fingerprint density at radius 1 is 1.00 bits per heavy atom. The molecule has 1 aliphatic heterocycles. The molecule has 4 rings (SSSR count). The highest BCUT2D eigenvalue weighted by Crippen LogP contribution is 2.39. The van der Waals surface area contributed by atoms with Crippen LogP contribution >= 0.6 is 0 Å². The number of aryl methyl sites for hydroxylation is 1. The molecule has 1 atom stereocenters. The maximum absolute atomic E-state index is 6.17. The van der Waals surface area contributed by atoms with Crippen molar-refractivity contribution < 1.29 is 4.42 Å². The summed E-state index contributed by atoms with van der Waals surface area (Å²) in [6.45, 7) is 4.34. The third-order valence-electron chi connectivity index (χ3n) is 4.44. The van der Waals surface area contributed by atoms with E-state index >= 15 is 0 Å². The minimum absolute atomic E-state index is 0.294. The van der Waals surface area contributed by atoms with Crippen LogP contribution in [0.1, 0.15) is 12.5 Å². The number of hydrogen-bond donors (Lipinski definition) is 0. The fourth-order valence-electron chi connectivity index (χ4n) is 3.08. The maximum atomic E-state index is 6.17. The van der Waals surface area contributed by atoms with Gasteiger partial charge in [0.25, 0.3) is 0 Å². The van der Waals surface area contributed by atoms with E-state index in [9.17, 15) is 0 Å². The number of fused-ring (bicyclic) bond motifs is 3. The first kappa shape index (κ1) is 12.3. The van der Waals surface area contributed by atoms with Crippen molar-refractivity contribution in [2.24, 2.45) is 0 Å². The molecule has 0 fully saturated rings. The number of para-hydroxylation sites is 1. The number of anilines is 1. The molecule has 0 aliphatic carbocycles. The molecule has 1 aliphatic rings.